The molecule has 0 spiro atoms. The van der Waals surface area contributed by atoms with Crippen LogP contribution < -0.4 is 5.32 Å². The molecule has 1 N–H and O–H groups in total. The zero-order chi connectivity index (χ0) is 10.3. The van der Waals surface area contributed by atoms with Crippen LogP contribution in [-0.4, -0.2) is 10.5 Å². The van der Waals surface area contributed by atoms with E-state index in [-0.39, 0.29) is 16.1 Å². The van der Waals surface area contributed by atoms with Crippen LogP contribution in [0.2, 0.25) is 0 Å². The standard InChI is InChI=1S/C10H12N2O2/c1-10(2)6-7-3-4-8(12(13)14)5-9(7)11-10/h3-5,11H,6H2,1-2H3. The maximum atomic E-state index is 10.5. The lowest BCUT2D eigenvalue weighted by molar-refractivity contribution is -0.384. The highest BCUT2D eigenvalue weighted by atomic mass is 16.6. The topological polar surface area (TPSA) is 55.2 Å². The molecule has 4 nitrogen and oxygen atoms in total. The van der Waals surface area contributed by atoms with Crippen LogP contribution >= 0.6 is 0 Å². The van der Waals surface area contributed by atoms with Gasteiger partial charge in [0.25, 0.3) is 5.69 Å². The third-order valence-corrected chi connectivity index (χ3v) is 2.41. The molecule has 4 heteroatoms. The predicted molar refractivity (Wildman–Crippen MR) is 54.5 cm³/mol. The van der Waals surface area contributed by atoms with Gasteiger partial charge in [-0.2, -0.15) is 0 Å². The Morgan fingerprint density at radius 3 is 2.86 bits per heavy atom. The van der Waals surface area contributed by atoms with Crippen molar-refractivity contribution in [3.8, 4) is 0 Å². The third-order valence-electron chi connectivity index (χ3n) is 2.41. The van der Waals surface area contributed by atoms with E-state index in [0.717, 1.165) is 17.7 Å². The first kappa shape index (κ1) is 8.99. The number of rotatable bonds is 1. The molecule has 0 fully saturated rings. The van der Waals surface area contributed by atoms with Crippen LogP contribution in [0, 0.1) is 10.1 Å². The molecular weight excluding hydrogens is 180 g/mol. The Morgan fingerprint density at radius 2 is 2.21 bits per heavy atom. The number of benzene rings is 1. The zero-order valence-electron chi connectivity index (χ0n) is 8.20. The highest BCUT2D eigenvalue weighted by Crippen LogP contribution is 2.34. The number of anilines is 1. The van der Waals surface area contributed by atoms with Crippen molar-refractivity contribution in [2.75, 3.05) is 5.32 Å². The average Bonchev–Trinajstić information content (AvgIpc) is 2.36. The van der Waals surface area contributed by atoms with Crippen LogP contribution in [0.25, 0.3) is 0 Å². The fraction of sp³-hybridized carbons (Fsp3) is 0.400. The number of hydrogen-bond acceptors (Lipinski definition) is 3. The SMILES string of the molecule is CC1(C)Cc2ccc([N+](=O)[O-])cc2N1. The zero-order valence-corrected chi connectivity index (χ0v) is 8.20. The third kappa shape index (κ3) is 1.43. The summed E-state index contributed by atoms with van der Waals surface area (Å²) in [7, 11) is 0. The van der Waals surface area contributed by atoms with Crippen molar-refractivity contribution in [2.24, 2.45) is 0 Å². The number of non-ortho nitro benzene ring substituents is 1. The monoisotopic (exact) mass is 192 g/mol. The molecule has 1 aliphatic rings. The lowest BCUT2D eigenvalue weighted by atomic mass is 10.0. The van der Waals surface area contributed by atoms with E-state index >= 15 is 0 Å². The number of fused-ring (bicyclic) bond motifs is 1. The summed E-state index contributed by atoms with van der Waals surface area (Å²) < 4.78 is 0. The molecule has 0 saturated carbocycles. The highest BCUT2D eigenvalue weighted by molar-refractivity contribution is 5.62. The molecule has 0 unspecified atom stereocenters. The van der Waals surface area contributed by atoms with Crippen molar-refractivity contribution < 1.29 is 4.92 Å². The second-order valence-corrected chi connectivity index (χ2v) is 4.28. The molecule has 1 aromatic carbocycles. The van der Waals surface area contributed by atoms with E-state index in [4.69, 9.17) is 0 Å². The lowest BCUT2D eigenvalue weighted by Gasteiger charge is -2.17. The van der Waals surface area contributed by atoms with E-state index < -0.39 is 0 Å². The summed E-state index contributed by atoms with van der Waals surface area (Å²) in [4.78, 5) is 10.2. The van der Waals surface area contributed by atoms with E-state index in [2.05, 4.69) is 19.2 Å². The van der Waals surface area contributed by atoms with Crippen molar-refractivity contribution in [1.29, 1.82) is 0 Å². The first-order valence-corrected chi connectivity index (χ1v) is 4.53. The first-order chi connectivity index (χ1) is 6.48. The van der Waals surface area contributed by atoms with Crippen LogP contribution in [0.3, 0.4) is 0 Å². The number of nitrogens with zero attached hydrogens (tertiary/aromatic N) is 1. The molecule has 1 aromatic rings. The Bertz CT molecular complexity index is 399. The van der Waals surface area contributed by atoms with Crippen LogP contribution in [0.5, 0.6) is 0 Å². The van der Waals surface area contributed by atoms with Gasteiger partial charge in [0, 0.05) is 23.4 Å². The van der Waals surface area contributed by atoms with Gasteiger partial charge in [0.05, 0.1) is 4.92 Å². The summed E-state index contributed by atoms with van der Waals surface area (Å²) in [5.41, 5.74) is 2.20. The smallest absolute Gasteiger partial charge is 0.271 e. The fourth-order valence-electron chi connectivity index (χ4n) is 1.83. The van der Waals surface area contributed by atoms with Gasteiger partial charge < -0.3 is 5.32 Å². The van der Waals surface area contributed by atoms with Crippen LogP contribution in [-0.2, 0) is 6.42 Å². The fourth-order valence-corrected chi connectivity index (χ4v) is 1.83. The minimum Gasteiger partial charge on any atom is -0.379 e. The summed E-state index contributed by atoms with van der Waals surface area (Å²) in [6.07, 6.45) is 0.917. The number of nitro groups is 1. The molecule has 0 saturated heterocycles. The maximum Gasteiger partial charge on any atom is 0.271 e. The Balaban J connectivity index is 2.40. The maximum absolute atomic E-state index is 10.5. The molecule has 1 aliphatic heterocycles. The normalized spacial score (nSPS) is 17.3. The summed E-state index contributed by atoms with van der Waals surface area (Å²) in [6.45, 7) is 4.16. The minimum absolute atomic E-state index is 0.0115. The van der Waals surface area contributed by atoms with Gasteiger partial charge in [0.15, 0.2) is 0 Å². The van der Waals surface area contributed by atoms with Crippen molar-refractivity contribution in [3.05, 3.63) is 33.9 Å². The molecule has 0 radical (unpaired) electrons. The van der Waals surface area contributed by atoms with Gasteiger partial charge in [-0.05, 0) is 25.8 Å². The van der Waals surface area contributed by atoms with Gasteiger partial charge in [0.1, 0.15) is 0 Å². The molecule has 0 aliphatic carbocycles. The Hall–Kier alpha value is -1.58. The Labute approximate surface area is 82.1 Å². The van der Waals surface area contributed by atoms with Gasteiger partial charge in [-0.15, -0.1) is 0 Å². The number of nitrogens with one attached hydrogen (secondary N) is 1. The molecule has 2 rings (SSSR count). The Kier molecular flexibility index (Phi) is 1.74. The number of hydrogen-bond donors (Lipinski definition) is 1. The molecular formula is C10H12N2O2. The van der Waals surface area contributed by atoms with E-state index in [1.54, 1.807) is 12.1 Å². The minimum atomic E-state index is -0.368. The van der Waals surface area contributed by atoms with E-state index in [9.17, 15) is 10.1 Å². The number of nitro benzene ring substituents is 1. The molecule has 1 heterocycles. The van der Waals surface area contributed by atoms with Crippen LogP contribution in [0.15, 0.2) is 18.2 Å². The van der Waals surface area contributed by atoms with Crippen molar-refractivity contribution in [1.82, 2.24) is 0 Å². The molecule has 0 amide bonds. The predicted octanol–water partition coefficient (Wildman–Crippen LogP) is 2.34. The van der Waals surface area contributed by atoms with E-state index in [0.29, 0.717) is 0 Å². The van der Waals surface area contributed by atoms with E-state index in [1.807, 2.05) is 6.07 Å². The van der Waals surface area contributed by atoms with Crippen molar-refractivity contribution >= 4 is 11.4 Å². The largest absolute Gasteiger partial charge is 0.379 e. The molecule has 0 bridgehead atoms. The van der Waals surface area contributed by atoms with E-state index in [1.165, 1.54) is 0 Å². The Morgan fingerprint density at radius 1 is 1.50 bits per heavy atom. The molecule has 74 valence electrons. The van der Waals surface area contributed by atoms with Gasteiger partial charge >= 0.3 is 0 Å². The van der Waals surface area contributed by atoms with Gasteiger partial charge in [0.2, 0.25) is 0 Å². The van der Waals surface area contributed by atoms with Crippen LogP contribution in [0.1, 0.15) is 19.4 Å². The van der Waals surface area contributed by atoms with Gasteiger partial charge in [-0.1, -0.05) is 6.07 Å². The van der Waals surface area contributed by atoms with Crippen LogP contribution in [0.4, 0.5) is 11.4 Å². The van der Waals surface area contributed by atoms with Crippen molar-refractivity contribution in [3.63, 3.8) is 0 Å². The first-order valence-electron chi connectivity index (χ1n) is 4.53. The highest BCUT2D eigenvalue weighted by Gasteiger charge is 2.28. The van der Waals surface area contributed by atoms with Gasteiger partial charge in [-0.3, -0.25) is 10.1 Å². The summed E-state index contributed by atoms with van der Waals surface area (Å²) in [5.74, 6) is 0. The summed E-state index contributed by atoms with van der Waals surface area (Å²) in [5, 5.41) is 13.8. The summed E-state index contributed by atoms with van der Waals surface area (Å²) in [6, 6.07) is 4.99. The lowest BCUT2D eigenvalue weighted by Crippen LogP contribution is -2.27. The average molecular weight is 192 g/mol. The van der Waals surface area contributed by atoms with Gasteiger partial charge in [-0.25, -0.2) is 0 Å². The summed E-state index contributed by atoms with van der Waals surface area (Å²) >= 11 is 0. The second kappa shape index (κ2) is 2.70. The molecule has 14 heavy (non-hydrogen) atoms. The quantitative estimate of drug-likeness (QED) is 0.548. The molecule has 0 atom stereocenters. The second-order valence-electron chi connectivity index (χ2n) is 4.28. The molecule has 0 aromatic heterocycles. The van der Waals surface area contributed by atoms with Crippen molar-refractivity contribution in [2.45, 2.75) is 25.8 Å².